The molecule has 1 N–H and O–H groups in total. The summed E-state index contributed by atoms with van der Waals surface area (Å²) in [5.41, 5.74) is 0.222. The molecule has 1 heterocycles. The Labute approximate surface area is 127 Å². The molecule has 0 saturated heterocycles. The third-order valence-corrected chi connectivity index (χ3v) is 2.90. The lowest BCUT2D eigenvalue weighted by Gasteiger charge is -2.01. The van der Waals surface area contributed by atoms with Crippen LogP contribution in [0.3, 0.4) is 0 Å². The molecule has 0 aliphatic heterocycles. The fourth-order valence-electron chi connectivity index (χ4n) is 1.82. The maximum Gasteiger partial charge on any atom is 0.322 e. The van der Waals surface area contributed by atoms with Gasteiger partial charge < -0.3 is 4.42 Å². The summed E-state index contributed by atoms with van der Waals surface area (Å²) in [6, 6.07) is 7.90. The summed E-state index contributed by atoms with van der Waals surface area (Å²) in [4.78, 5) is 11.9. The van der Waals surface area contributed by atoms with Crippen LogP contribution in [-0.2, 0) is 0 Å². The molecule has 0 saturated carbocycles. The topological polar surface area (TPSA) is 68.0 Å². The highest BCUT2D eigenvalue weighted by molar-refractivity contribution is 6.03. The van der Waals surface area contributed by atoms with Crippen LogP contribution in [0.4, 0.5) is 19.2 Å². The van der Waals surface area contributed by atoms with Gasteiger partial charge in [-0.05, 0) is 36.4 Å². The molecule has 116 valence electrons. The summed E-state index contributed by atoms with van der Waals surface area (Å²) >= 11 is 0. The SMILES string of the molecule is O=C(Nc1nnc(-c2cccc(F)c2)o1)c1ccc(F)c(F)c1. The van der Waals surface area contributed by atoms with Crippen LogP contribution in [0.2, 0.25) is 0 Å². The van der Waals surface area contributed by atoms with E-state index >= 15 is 0 Å². The predicted molar refractivity (Wildman–Crippen MR) is 74.0 cm³/mol. The Morgan fingerprint density at radius 1 is 1.00 bits per heavy atom. The summed E-state index contributed by atoms with van der Waals surface area (Å²) in [6.07, 6.45) is 0. The van der Waals surface area contributed by atoms with Gasteiger partial charge in [-0.1, -0.05) is 11.2 Å². The van der Waals surface area contributed by atoms with E-state index in [0.29, 0.717) is 5.56 Å². The van der Waals surface area contributed by atoms with Crippen LogP contribution >= 0.6 is 0 Å². The van der Waals surface area contributed by atoms with Gasteiger partial charge in [-0.2, -0.15) is 0 Å². The molecule has 23 heavy (non-hydrogen) atoms. The number of halogens is 3. The van der Waals surface area contributed by atoms with Gasteiger partial charge >= 0.3 is 6.01 Å². The maximum atomic E-state index is 13.1. The zero-order chi connectivity index (χ0) is 16.4. The van der Waals surface area contributed by atoms with Crippen molar-refractivity contribution in [3.8, 4) is 11.5 Å². The number of aromatic nitrogens is 2. The quantitative estimate of drug-likeness (QED) is 0.803. The van der Waals surface area contributed by atoms with Crippen LogP contribution in [0, 0.1) is 17.5 Å². The highest BCUT2D eigenvalue weighted by Crippen LogP contribution is 2.21. The average molecular weight is 319 g/mol. The highest BCUT2D eigenvalue weighted by atomic mass is 19.2. The molecule has 3 rings (SSSR count). The fourth-order valence-corrected chi connectivity index (χ4v) is 1.82. The first-order valence-electron chi connectivity index (χ1n) is 6.39. The lowest BCUT2D eigenvalue weighted by atomic mass is 10.2. The van der Waals surface area contributed by atoms with Crippen molar-refractivity contribution in [3.05, 3.63) is 65.5 Å². The van der Waals surface area contributed by atoms with Crippen molar-refractivity contribution in [2.24, 2.45) is 0 Å². The lowest BCUT2D eigenvalue weighted by Crippen LogP contribution is -2.12. The second-order valence-corrected chi connectivity index (χ2v) is 4.51. The Bertz CT molecular complexity index is 880. The molecule has 1 amide bonds. The Kier molecular flexibility index (Phi) is 3.80. The van der Waals surface area contributed by atoms with Crippen molar-refractivity contribution >= 4 is 11.9 Å². The van der Waals surface area contributed by atoms with E-state index in [1.807, 2.05) is 0 Å². The van der Waals surface area contributed by atoms with Gasteiger partial charge in [-0.3, -0.25) is 10.1 Å². The van der Waals surface area contributed by atoms with E-state index in [0.717, 1.165) is 18.2 Å². The first-order chi connectivity index (χ1) is 11.0. The molecular formula is C15H8F3N3O2. The average Bonchev–Trinajstić information content (AvgIpc) is 2.98. The number of amides is 1. The van der Waals surface area contributed by atoms with Crippen LogP contribution in [0.25, 0.3) is 11.5 Å². The zero-order valence-corrected chi connectivity index (χ0v) is 11.4. The standard InChI is InChI=1S/C15H8F3N3O2/c16-10-3-1-2-9(6-10)14-20-21-15(23-14)19-13(22)8-4-5-11(17)12(18)7-8/h1-7H,(H,19,21,22). The summed E-state index contributed by atoms with van der Waals surface area (Å²) in [6.45, 7) is 0. The number of carbonyl (C=O) groups excluding carboxylic acids is 1. The van der Waals surface area contributed by atoms with Crippen molar-refractivity contribution in [3.63, 3.8) is 0 Å². The van der Waals surface area contributed by atoms with Crippen molar-refractivity contribution < 1.29 is 22.4 Å². The van der Waals surface area contributed by atoms with Gasteiger partial charge in [0.2, 0.25) is 5.89 Å². The molecule has 0 aliphatic carbocycles. The van der Waals surface area contributed by atoms with Gasteiger partial charge in [0.25, 0.3) is 5.91 Å². The number of benzene rings is 2. The zero-order valence-electron chi connectivity index (χ0n) is 11.4. The van der Waals surface area contributed by atoms with Crippen molar-refractivity contribution in [1.82, 2.24) is 10.2 Å². The molecule has 0 atom stereocenters. The first kappa shape index (κ1) is 14.8. The molecule has 0 radical (unpaired) electrons. The second kappa shape index (κ2) is 5.91. The number of hydrogen-bond acceptors (Lipinski definition) is 4. The monoisotopic (exact) mass is 319 g/mol. The first-order valence-corrected chi connectivity index (χ1v) is 6.39. The predicted octanol–water partition coefficient (Wildman–Crippen LogP) is 3.41. The Morgan fingerprint density at radius 3 is 2.57 bits per heavy atom. The summed E-state index contributed by atoms with van der Waals surface area (Å²) in [5, 5.41) is 9.51. The van der Waals surface area contributed by atoms with Gasteiger partial charge in [0.05, 0.1) is 0 Å². The molecular weight excluding hydrogens is 311 g/mol. The third kappa shape index (κ3) is 3.20. The third-order valence-electron chi connectivity index (χ3n) is 2.90. The van der Waals surface area contributed by atoms with E-state index in [-0.39, 0.29) is 17.5 Å². The Morgan fingerprint density at radius 2 is 1.83 bits per heavy atom. The van der Waals surface area contributed by atoms with Gasteiger partial charge in [-0.25, -0.2) is 13.2 Å². The van der Waals surface area contributed by atoms with Crippen LogP contribution in [0.1, 0.15) is 10.4 Å². The minimum absolute atomic E-state index is 0.00471. The Hall–Kier alpha value is -3.16. The summed E-state index contributed by atoms with van der Waals surface area (Å²) < 4.78 is 44.3. The molecule has 1 aromatic heterocycles. The van der Waals surface area contributed by atoms with Crippen molar-refractivity contribution in [1.29, 1.82) is 0 Å². The van der Waals surface area contributed by atoms with Crippen LogP contribution in [0.15, 0.2) is 46.9 Å². The van der Waals surface area contributed by atoms with E-state index in [4.69, 9.17) is 4.42 Å². The van der Waals surface area contributed by atoms with Gasteiger partial charge in [-0.15, -0.1) is 5.10 Å². The van der Waals surface area contributed by atoms with E-state index in [1.165, 1.54) is 18.2 Å². The number of anilines is 1. The van der Waals surface area contributed by atoms with Gasteiger partial charge in [0.15, 0.2) is 11.6 Å². The molecule has 8 heteroatoms. The molecule has 3 aromatic rings. The van der Waals surface area contributed by atoms with Gasteiger partial charge in [0.1, 0.15) is 5.82 Å². The molecule has 0 unspecified atom stereocenters. The minimum Gasteiger partial charge on any atom is -0.403 e. The number of carbonyl (C=O) groups is 1. The normalized spacial score (nSPS) is 10.6. The number of hydrogen-bond donors (Lipinski definition) is 1. The lowest BCUT2D eigenvalue weighted by molar-refractivity contribution is 0.102. The van der Waals surface area contributed by atoms with Crippen molar-refractivity contribution in [2.75, 3.05) is 5.32 Å². The Balaban J connectivity index is 1.78. The van der Waals surface area contributed by atoms with E-state index in [2.05, 4.69) is 15.5 Å². The highest BCUT2D eigenvalue weighted by Gasteiger charge is 2.14. The maximum absolute atomic E-state index is 13.1. The molecule has 0 bridgehead atoms. The number of nitrogens with zero attached hydrogens (tertiary/aromatic N) is 2. The molecule has 0 aliphatic rings. The smallest absolute Gasteiger partial charge is 0.322 e. The van der Waals surface area contributed by atoms with Crippen LogP contribution < -0.4 is 5.32 Å². The summed E-state index contributed by atoms with van der Waals surface area (Å²) in [7, 11) is 0. The number of rotatable bonds is 3. The molecule has 0 spiro atoms. The minimum atomic E-state index is -1.15. The van der Waals surface area contributed by atoms with E-state index < -0.39 is 23.4 Å². The van der Waals surface area contributed by atoms with E-state index in [9.17, 15) is 18.0 Å². The van der Waals surface area contributed by atoms with E-state index in [1.54, 1.807) is 6.07 Å². The second-order valence-electron chi connectivity index (χ2n) is 4.51. The molecule has 2 aromatic carbocycles. The largest absolute Gasteiger partial charge is 0.403 e. The molecule has 0 fully saturated rings. The fraction of sp³-hybridized carbons (Fsp3) is 0. The van der Waals surface area contributed by atoms with Gasteiger partial charge in [0, 0.05) is 11.1 Å². The van der Waals surface area contributed by atoms with Crippen LogP contribution in [0.5, 0.6) is 0 Å². The van der Waals surface area contributed by atoms with Crippen molar-refractivity contribution in [2.45, 2.75) is 0 Å². The number of nitrogens with one attached hydrogen (secondary N) is 1. The van der Waals surface area contributed by atoms with Crippen LogP contribution in [-0.4, -0.2) is 16.1 Å². The molecule has 5 nitrogen and oxygen atoms in total. The summed E-state index contributed by atoms with van der Waals surface area (Å²) in [5.74, 6) is -3.44.